The number of rotatable bonds is 10. The summed E-state index contributed by atoms with van der Waals surface area (Å²) in [5.74, 6) is -0.128. The van der Waals surface area contributed by atoms with Gasteiger partial charge in [0, 0.05) is 24.7 Å². The maximum atomic E-state index is 9.55. The van der Waals surface area contributed by atoms with Gasteiger partial charge in [-0.25, -0.2) is 9.59 Å². The summed E-state index contributed by atoms with van der Waals surface area (Å²) in [5.41, 5.74) is 2.86. The molecular weight excluding hydrogens is 430 g/mol. The SMILES string of the molecule is COc1ccc(CC(C)NCC(c2ccccc2)C2CCCCC2)cc1.O=C(O)/C=C\C(=O)O. The van der Waals surface area contributed by atoms with Crippen molar-refractivity contribution in [3.8, 4) is 5.75 Å². The number of methoxy groups -OCH3 is 1. The lowest BCUT2D eigenvalue weighted by Crippen LogP contribution is -2.35. The van der Waals surface area contributed by atoms with Gasteiger partial charge in [0.15, 0.2) is 0 Å². The Morgan fingerprint density at radius 3 is 2.09 bits per heavy atom. The van der Waals surface area contributed by atoms with Crippen molar-refractivity contribution in [3.63, 3.8) is 0 Å². The fourth-order valence-electron chi connectivity index (χ4n) is 4.45. The number of hydrogen-bond acceptors (Lipinski definition) is 4. The second-order valence-electron chi connectivity index (χ2n) is 8.79. The quantitative estimate of drug-likeness (QED) is 0.411. The second kappa shape index (κ2) is 14.9. The monoisotopic (exact) mass is 467 g/mol. The highest BCUT2D eigenvalue weighted by Crippen LogP contribution is 2.35. The Balaban J connectivity index is 0.000000440. The van der Waals surface area contributed by atoms with E-state index in [1.54, 1.807) is 7.11 Å². The first kappa shape index (κ1) is 27.1. The molecule has 1 fully saturated rings. The van der Waals surface area contributed by atoms with E-state index in [1.807, 2.05) is 0 Å². The first-order valence-electron chi connectivity index (χ1n) is 11.9. The lowest BCUT2D eigenvalue weighted by molar-refractivity contribution is -0.134. The summed E-state index contributed by atoms with van der Waals surface area (Å²) >= 11 is 0. The van der Waals surface area contributed by atoms with Crippen molar-refractivity contribution in [3.05, 3.63) is 77.9 Å². The molecule has 0 aromatic heterocycles. The molecule has 0 aliphatic heterocycles. The third-order valence-corrected chi connectivity index (χ3v) is 6.20. The van der Waals surface area contributed by atoms with Crippen molar-refractivity contribution in [2.24, 2.45) is 5.92 Å². The first-order valence-corrected chi connectivity index (χ1v) is 11.9. The number of hydrogen-bond donors (Lipinski definition) is 3. The molecule has 0 heterocycles. The molecule has 3 N–H and O–H groups in total. The summed E-state index contributed by atoms with van der Waals surface area (Å²) in [4.78, 5) is 19.1. The molecule has 2 atom stereocenters. The van der Waals surface area contributed by atoms with E-state index >= 15 is 0 Å². The Labute approximate surface area is 202 Å². The van der Waals surface area contributed by atoms with Gasteiger partial charge >= 0.3 is 11.9 Å². The second-order valence-corrected chi connectivity index (χ2v) is 8.79. The summed E-state index contributed by atoms with van der Waals surface area (Å²) in [5, 5.41) is 19.4. The van der Waals surface area contributed by atoms with Crippen molar-refractivity contribution in [1.29, 1.82) is 0 Å². The van der Waals surface area contributed by atoms with Crippen LogP contribution in [0, 0.1) is 5.92 Å². The standard InChI is InChI=1S/C24H33NO.C4H4O4/c1-19(17-20-13-15-23(26-2)16-14-20)25-18-24(21-9-5-3-6-10-21)22-11-7-4-8-12-22;5-3(6)1-2-4(7)8/h3,5-6,9-10,13-16,19,22,24-25H,4,7-8,11-12,17-18H2,1-2H3;1-2H,(H,5,6)(H,7,8)/b;2-1-. The molecule has 2 aromatic carbocycles. The van der Waals surface area contributed by atoms with Gasteiger partial charge < -0.3 is 20.3 Å². The van der Waals surface area contributed by atoms with Crippen LogP contribution in [0.25, 0.3) is 0 Å². The summed E-state index contributed by atoms with van der Waals surface area (Å²) in [6.45, 7) is 3.37. The van der Waals surface area contributed by atoms with Crippen LogP contribution in [-0.2, 0) is 16.0 Å². The van der Waals surface area contributed by atoms with E-state index in [0.29, 0.717) is 24.1 Å². The van der Waals surface area contributed by atoms with Gasteiger partial charge in [-0.15, -0.1) is 0 Å². The topological polar surface area (TPSA) is 95.9 Å². The molecule has 0 amide bonds. The Bertz CT molecular complexity index is 873. The Morgan fingerprint density at radius 2 is 1.56 bits per heavy atom. The lowest BCUT2D eigenvalue weighted by atomic mass is 9.76. The van der Waals surface area contributed by atoms with Crippen LogP contribution in [0.15, 0.2) is 66.7 Å². The van der Waals surface area contributed by atoms with E-state index in [-0.39, 0.29) is 0 Å². The molecule has 1 aliphatic carbocycles. The highest BCUT2D eigenvalue weighted by Gasteiger charge is 2.25. The average molecular weight is 468 g/mol. The predicted octanol–water partition coefficient (Wildman–Crippen LogP) is 5.29. The fourth-order valence-corrected chi connectivity index (χ4v) is 4.45. The van der Waals surface area contributed by atoms with Gasteiger partial charge in [-0.05, 0) is 61.3 Å². The van der Waals surface area contributed by atoms with Gasteiger partial charge in [-0.1, -0.05) is 61.7 Å². The predicted molar refractivity (Wildman–Crippen MR) is 134 cm³/mol. The molecule has 1 saturated carbocycles. The zero-order valence-electron chi connectivity index (χ0n) is 20.2. The van der Waals surface area contributed by atoms with Crippen LogP contribution in [0.5, 0.6) is 5.75 Å². The number of nitrogens with one attached hydrogen (secondary N) is 1. The van der Waals surface area contributed by atoms with E-state index in [9.17, 15) is 9.59 Å². The number of aliphatic carboxylic acids is 2. The van der Waals surface area contributed by atoms with Crippen LogP contribution in [0.2, 0.25) is 0 Å². The van der Waals surface area contributed by atoms with Gasteiger partial charge in [-0.2, -0.15) is 0 Å². The zero-order valence-corrected chi connectivity index (χ0v) is 20.2. The highest BCUT2D eigenvalue weighted by molar-refractivity contribution is 5.89. The van der Waals surface area contributed by atoms with Crippen LogP contribution in [0.4, 0.5) is 0 Å². The molecule has 0 radical (unpaired) electrons. The number of benzene rings is 2. The normalized spacial score (nSPS) is 15.7. The summed E-state index contributed by atoms with van der Waals surface area (Å²) in [6, 6.07) is 20.1. The van der Waals surface area contributed by atoms with Gasteiger partial charge in [0.1, 0.15) is 5.75 Å². The van der Waals surface area contributed by atoms with Crippen LogP contribution < -0.4 is 10.1 Å². The van der Waals surface area contributed by atoms with E-state index in [1.165, 1.54) is 43.2 Å². The molecule has 1 aliphatic rings. The molecule has 2 aromatic rings. The largest absolute Gasteiger partial charge is 0.497 e. The molecule has 2 unspecified atom stereocenters. The number of carbonyl (C=O) groups is 2. The minimum absolute atomic E-state index is 0.471. The van der Waals surface area contributed by atoms with E-state index < -0.39 is 11.9 Å². The number of carboxylic acids is 2. The molecule has 34 heavy (non-hydrogen) atoms. The maximum Gasteiger partial charge on any atom is 0.328 e. The summed E-state index contributed by atoms with van der Waals surface area (Å²) in [6.07, 6.45) is 9.15. The van der Waals surface area contributed by atoms with Crippen LogP contribution in [0.3, 0.4) is 0 Å². The minimum atomic E-state index is -1.26. The smallest absolute Gasteiger partial charge is 0.328 e. The Morgan fingerprint density at radius 1 is 0.971 bits per heavy atom. The molecule has 6 heteroatoms. The van der Waals surface area contributed by atoms with Crippen LogP contribution in [-0.4, -0.2) is 41.8 Å². The molecule has 184 valence electrons. The molecule has 0 bridgehead atoms. The van der Waals surface area contributed by atoms with Crippen LogP contribution >= 0.6 is 0 Å². The van der Waals surface area contributed by atoms with Gasteiger partial charge in [0.05, 0.1) is 7.11 Å². The van der Waals surface area contributed by atoms with Crippen molar-refractivity contribution in [2.45, 2.75) is 57.4 Å². The maximum absolute atomic E-state index is 9.55. The number of carboxylic acid groups (broad SMARTS) is 2. The van der Waals surface area contributed by atoms with E-state index in [2.05, 4.69) is 66.8 Å². The van der Waals surface area contributed by atoms with Gasteiger partial charge in [0.25, 0.3) is 0 Å². The van der Waals surface area contributed by atoms with Gasteiger partial charge in [0.2, 0.25) is 0 Å². The third kappa shape index (κ3) is 10.2. The zero-order chi connectivity index (χ0) is 24.8. The highest BCUT2D eigenvalue weighted by atomic mass is 16.5. The first-order chi connectivity index (χ1) is 16.4. The average Bonchev–Trinajstić information content (AvgIpc) is 2.85. The molecular formula is C28H37NO5. The van der Waals surface area contributed by atoms with E-state index in [4.69, 9.17) is 14.9 Å². The molecule has 6 nitrogen and oxygen atoms in total. The van der Waals surface area contributed by atoms with Gasteiger partial charge in [-0.3, -0.25) is 0 Å². The summed E-state index contributed by atoms with van der Waals surface area (Å²) in [7, 11) is 1.72. The van der Waals surface area contributed by atoms with Crippen molar-refractivity contribution in [2.75, 3.05) is 13.7 Å². The summed E-state index contributed by atoms with van der Waals surface area (Å²) < 4.78 is 5.25. The van der Waals surface area contributed by atoms with Crippen molar-refractivity contribution >= 4 is 11.9 Å². The van der Waals surface area contributed by atoms with Crippen molar-refractivity contribution < 1.29 is 24.5 Å². The fraction of sp³-hybridized carbons (Fsp3) is 0.429. The Hall–Kier alpha value is -3.12. The van der Waals surface area contributed by atoms with E-state index in [0.717, 1.165) is 24.6 Å². The lowest BCUT2D eigenvalue weighted by Gasteiger charge is -2.32. The molecule has 0 spiro atoms. The Kier molecular flexibility index (Phi) is 11.9. The van der Waals surface area contributed by atoms with Crippen molar-refractivity contribution in [1.82, 2.24) is 5.32 Å². The number of ether oxygens (including phenoxy) is 1. The minimum Gasteiger partial charge on any atom is -0.497 e. The molecule has 3 rings (SSSR count). The molecule has 0 saturated heterocycles. The van der Waals surface area contributed by atoms with Crippen LogP contribution in [0.1, 0.15) is 56.1 Å². The third-order valence-electron chi connectivity index (χ3n) is 6.20.